The number of cyclic esters (lactones) is 1. The van der Waals surface area contributed by atoms with Gasteiger partial charge >= 0.3 is 5.97 Å². The molecule has 0 N–H and O–H groups in total. The van der Waals surface area contributed by atoms with E-state index in [1.807, 2.05) is 0 Å². The highest BCUT2D eigenvalue weighted by Gasteiger charge is 2.41. The highest BCUT2D eigenvalue weighted by Crippen LogP contribution is 2.55. The minimum absolute atomic E-state index is 0.0463. The number of carbonyl (C=O) groups excluding carboxylic acids is 1. The average Bonchev–Trinajstić information content (AvgIpc) is 4.23. The van der Waals surface area contributed by atoms with E-state index in [2.05, 4.69) is 14.5 Å². The molecule has 70 heavy (non-hydrogen) atoms. The van der Waals surface area contributed by atoms with Crippen molar-refractivity contribution in [3.05, 3.63) is 0 Å². The molecular formula is C62H117NO6S. The lowest BCUT2D eigenvalue weighted by atomic mass is 9.56. The fourth-order valence-electron chi connectivity index (χ4n) is 10.7. The van der Waals surface area contributed by atoms with E-state index in [0.29, 0.717) is 30.6 Å². The van der Waals surface area contributed by atoms with Crippen molar-refractivity contribution in [2.24, 2.45) is 16.3 Å². The Kier molecular flexibility index (Phi) is 40.8. The van der Waals surface area contributed by atoms with Gasteiger partial charge in [-0.05, 0) is 75.5 Å². The molecule has 2 bridgehead atoms. The molecule has 3 saturated heterocycles. The Morgan fingerprint density at radius 1 is 0.429 bits per heavy atom. The Labute approximate surface area is 435 Å². The third-order valence-electron chi connectivity index (χ3n) is 16.8. The summed E-state index contributed by atoms with van der Waals surface area (Å²) >= 11 is 0. The summed E-state index contributed by atoms with van der Waals surface area (Å²) in [7, 11) is -2.58. The maximum absolute atomic E-state index is 10.7. The molecule has 14 rings (SSSR count). The van der Waals surface area contributed by atoms with Gasteiger partial charge < -0.3 is 14.2 Å². The van der Waals surface area contributed by atoms with Crippen molar-refractivity contribution in [3.8, 4) is 0 Å². The van der Waals surface area contributed by atoms with Crippen LogP contribution in [0.5, 0.6) is 0 Å². The lowest BCUT2D eigenvalue weighted by Gasteiger charge is -2.49. The van der Waals surface area contributed by atoms with Crippen LogP contribution in [0.25, 0.3) is 0 Å². The Bertz CT molecular complexity index is 1090. The van der Waals surface area contributed by atoms with Crippen LogP contribution in [0.1, 0.15) is 327 Å². The molecule has 8 heteroatoms. The van der Waals surface area contributed by atoms with Crippen molar-refractivity contribution in [2.45, 2.75) is 334 Å². The number of hydrogen-bond acceptors (Lipinski definition) is 7. The van der Waals surface area contributed by atoms with Crippen molar-refractivity contribution in [3.63, 3.8) is 0 Å². The molecule has 4 heterocycles. The summed E-state index contributed by atoms with van der Waals surface area (Å²) in [6.07, 6.45) is 75.5. The van der Waals surface area contributed by atoms with Crippen LogP contribution >= 0.6 is 0 Å². The largest absolute Gasteiger partial charge is 0.482 e. The van der Waals surface area contributed by atoms with Gasteiger partial charge in [0, 0.05) is 13.0 Å². The Morgan fingerprint density at radius 2 is 0.771 bits per heavy atom. The van der Waals surface area contributed by atoms with Crippen LogP contribution in [0.4, 0.5) is 0 Å². The van der Waals surface area contributed by atoms with Crippen molar-refractivity contribution >= 4 is 22.2 Å². The van der Waals surface area contributed by atoms with Gasteiger partial charge in [0.2, 0.25) is 0 Å². The second-order valence-electron chi connectivity index (χ2n) is 23.3. The first-order valence-electron chi connectivity index (χ1n) is 31.5. The molecule has 2 atom stereocenters. The molecule has 0 aromatic carbocycles. The number of ether oxygens (including phenoxy) is 3. The molecule has 13 fully saturated rings. The zero-order valence-electron chi connectivity index (χ0n) is 46.3. The zero-order valence-corrected chi connectivity index (χ0v) is 47.2. The molecule has 14 aliphatic rings. The van der Waals surface area contributed by atoms with E-state index in [1.165, 1.54) is 276 Å². The van der Waals surface area contributed by atoms with E-state index in [4.69, 9.17) is 4.74 Å². The van der Waals surface area contributed by atoms with Crippen LogP contribution < -0.4 is 0 Å². The standard InChI is InChI=1S/C7H12.C6H10O.4C6H12.C5H10O2S.C5H10.C4H6O2.2C4H8.C3H5NO/c1-3-7(4-1)5-2-6-7;1-2-6-3-5(1)4-7-6;4*1-2-4-6-5-3-1;6-8(7)4-2-1-3-5-8;1-2-4-5-3-1;5-4-2-1-3-6-4;2*1-2-4-3-1;1-2-5-3-4-1/h1-6H2;5-6H,1-4H2;4*1-6H2;1-5H2;1-5H2;1-3H2;2*1-4H2;3H,1-2H2/t;5-,6+;;;;;;;;;;/m.0........../s1. The van der Waals surface area contributed by atoms with Gasteiger partial charge in [-0.3, -0.25) is 9.79 Å². The molecule has 0 amide bonds. The highest BCUT2D eigenvalue weighted by molar-refractivity contribution is 7.91. The molecule has 4 aliphatic heterocycles. The first-order chi connectivity index (χ1) is 34.5. The number of hydrogen-bond donors (Lipinski definition) is 0. The summed E-state index contributed by atoms with van der Waals surface area (Å²) in [5.41, 5.74) is 0.944. The fourth-order valence-corrected chi connectivity index (χ4v) is 12.2. The van der Waals surface area contributed by atoms with Crippen LogP contribution in [-0.2, 0) is 28.8 Å². The van der Waals surface area contributed by atoms with Gasteiger partial charge in [-0.2, -0.15) is 0 Å². The van der Waals surface area contributed by atoms with E-state index in [9.17, 15) is 13.2 Å². The van der Waals surface area contributed by atoms with Gasteiger partial charge in [0.05, 0.1) is 30.8 Å². The molecular weight excluding hydrogens is 887 g/mol. The van der Waals surface area contributed by atoms with Crippen LogP contribution in [-0.4, -0.2) is 64.8 Å². The molecule has 412 valence electrons. The number of fused-ring (bicyclic) bond motifs is 2. The normalized spacial score (nSPS) is 27.2. The van der Waals surface area contributed by atoms with Gasteiger partial charge in [-0.15, -0.1) is 0 Å². The average molecular weight is 1000 g/mol. The molecule has 0 aromatic heterocycles. The predicted molar refractivity (Wildman–Crippen MR) is 300 cm³/mol. The monoisotopic (exact) mass is 1000 g/mol. The molecule has 10 saturated carbocycles. The zero-order chi connectivity index (χ0) is 49.6. The molecule has 0 radical (unpaired) electrons. The number of nitrogens with zero attached hydrogens (tertiary/aromatic N) is 1. The minimum atomic E-state index is -2.58. The highest BCUT2D eigenvalue weighted by atomic mass is 32.2. The van der Waals surface area contributed by atoms with Crippen molar-refractivity contribution in [2.75, 3.05) is 37.9 Å². The van der Waals surface area contributed by atoms with Crippen LogP contribution in [0.2, 0.25) is 0 Å². The van der Waals surface area contributed by atoms with Gasteiger partial charge in [0.25, 0.3) is 0 Å². The number of aliphatic imine (C=N–C) groups is 1. The summed E-state index contributed by atoms with van der Waals surface area (Å²) in [5, 5.41) is 0. The Hall–Kier alpha value is -1.15. The quantitative estimate of drug-likeness (QED) is 0.225. The number of carbonyl (C=O) groups is 1. The first-order valence-corrected chi connectivity index (χ1v) is 33.4. The summed E-state index contributed by atoms with van der Waals surface area (Å²) in [6, 6.07) is 0. The maximum Gasteiger partial charge on any atom is 0.305 e. The van der Waals surface area contributed by atoms with E-state index in [-0.39, 0.29) is 5.97 Å². The summed E-state index contributed by atoms with van der Waals surface area (Å²) in [6.45, 7) is 3.32. The van der Waals surface area contributed by atoms with E-state index in [0.717, 1.165) is 56.8 Å². The second kappa shape index (κ2) is 45.3. The van der Waals surface area contributed by atoms with Gasteiger partial charge in [0.1, 0.15) is 16.4 Å². The minimum Gasteiger partial charge on any atom is -0.482 e. The number of esters is 1. The lowest BCUT2D eigenvalue weighted by molar-refractivity contribution is -0.137. The van der Waals surface area contributed by atoms with Gasteiger partial charge in [-0.1, -0.05) is 257 Å². The maximum atomic E-state index is 10.7. The Balaban J connectivity index is 0.000000203. The lowest BCUT2D eigenvalue weighted by Crippen LogP contribution is -2.35. The molecule has 1 spiro atoms. The number of sulfone groups is 1. The first kappa shape index (κ1) is 63.1. The van der Waals surface area contributed by atoms with Crippen LogP contribution in [0, 0.1) is 11.3 Å². The van der Waals surface area contributed by atoms with Gasteiger partial charge in [-0.25, -0.2) is 8.42 Å². The summed E-state index contributed by atoms with van der Waals surface area (Å²) in [4.78, 5) is 13.8. The molecule has 0 unspecified atom stereocenters. The van der Waals surface area contributed by atoms with E-state index >= 15 is 0 Å². The summed E-state index contributed by atoms with van der Waals surface area (Å²) < 4.78 is 35.8. The molecule has 7 nitrogen and oxygen atoms in total. The van der Waals surface area contributed by atoms with Crippen molar-refractivity contribution in [1.29, 1.82) is 0 Å². The number of rotatable bonds is 0. The summed E-state index contributed by atoms with van der Waals surface area (Å²) in [5.74, 6) is 1.75. The van der Waals surface area contributed by atoms with E-state index < -0.39 is 9.84 Å². The predicted octanol–water partition coefficient (Wildman–Crippen LogP) is 18.9. The molecule has 0 aromatic rings. The van der Waals surface area contributed by atoms with Gasteiger partial charge in [0.15, 0.2) is 6.40 Å². The fraction of sp³-hybridized carbons (Fsp3) is 0.968. The third-order valence-corrected chi connectivity index (χ3v) is 18.6. The third kappa shape index (κ3) is 37.6. The Morgan fingerprint density at radius 3 is 0.857 bits per heavy atom. The SMILES string of the molecule is C1=NCCO1.C1CC2(C1)CCC2.C1CCC1.C1CCC1.C1CCCC1.C1CCCCC1.C1CCCCC1.C1CCCCC1.C1CCCCC1.C1C[C@@H]2C[C@H]1CO2.O=C1CCCO1.O=S1(=O)CCCCC1. The molecule has 10 aliphatic carbocycles. The smallest absolute Gasteiger partial charge is 0.305 e. The van der Waals surface area contributed by atoms with Crippen LogP contribution in [0.3, 0.4) is 0 Å². The van der Waals surface area contributed by atoms with Crippen LogP contribution in [0.15, 0.2) is 4.99 Å². The van der Waals surface area contributed by atoms with E-state index in [1.54, 1.807) is 25.7 Å². The second-order valence-corrected chi connectivity index (χ2v) is 25.6. The van der Waals surface area contributed by atoms with Crippen molar-refractivity contribution < 1.29 is 27.4 Å². The van der Waals surface area contributed by atoms with Crippen molar-refractivity contribution in [1.82, 2.24) is 0 Å². The topological polar surface area (TPSA) is 91.3 Å².